The van der Waals surface area contributed by atoms with Crippen LogP contribution >= 0.6 is 0 Å². The Balaban J connectivity index is 2.30. The smallest absolute Gasteiger partial charge is 0.262 e. The number of hydrogen-bond donors (Lipinski definition) is 1. The molecule has 0 bridgehead atoms. The Kier molecular flexibility index (Phi) is 3.90. The molecule has 1 heterocycles. The highest BCUT2D eigenvalue weighted by Crippen LogP contribution is 2.33. The van der Waals surface area contributed by atoms with E-state index in [9.17, 15) is 0 Å². The van der Waals surface area contributed by atoms with E-state index in [1.807, 2.05) is 51.1 Å². The molecule has 0 spiro atoms. The average molecular weight is 258 g/mol. The van der Waals surface area contributed by atoms with Crippen LogP contribution in [0.3, 0.4) is 0 Å². The number of aromatic nitrogens is 1. The van der Waals surface area contributed by atoms with Crippen LogP contribution in [0.25, 0.3) is 0 Å². The second-order valence-electron chi connectivity index (χ2n) is 4.56. The molecule has 0 saturated carbocycles. The van der Waals surface area contributed by atoms with E-state index >= 15 is 0 Å². The van der Waals surface area contributed by atoms with E-state index in [1.165, 1.54) is 0 Å². The molecule has 0 fully saturated rings. The standard InChI is InChI=1S/C15H18N2O2/c1-10(2)18-13-8-5-9-17-15(13)19-12-7-4-6-11(3)14(12)16/h4-10H,16H2,1-3H3. The fourth-order valence-electron chi connectivity index (χ4n) is 1.64. The summed E-state index contributed by atoms with van der Waals surface area (Å²) in [4.78, 5) is 4.20. The van der Waals surface area contributed by atoms with Gasteiger partial charge in [0.05, 0.1) is 11.8 Å². The predicted octanol–water partition coefficient (Wildman–Crippen LogP) is 3.55. The highest BCUT2D eigenvalue weighted by molar-refractivity contribution is 5.59. The number of pyridine rings is 1. The van der Waals surface area contributed by atoms with Crippen molar-refractivity contribution in [3.63, 3.8) is 0 Å². The molecule has 0 saturated heterocycles. The van der Waals surface area contributed by atoms with Gasteiger partial charge < -0.3 is 15.2 Å². The lowest BCUT2D eigenvalue weighted by atomic mass is 10.2. The third-order valence-electron chi connectivity index (χ3n) is 2.59. The molecule has 2 rings (SSSR count). The maximum Gasteiger partial charge on any atom is 0.262 e. The highest BCUT2D eigenvalue weighted by Gasteiger charge is 2.11. The van der Waals surface area contributed by atoms with Crippen molar-refractivity contribution in [2.75, 3.05) is 5.73 Å². The summed E-state index contributed by atoms with van der Waals surface area (Å²) >= 11 is 0. The Hall–Kier alpha value is -2.23. The average Bonchev–Trinajstić information content (AvgIpc) is 2.36. The number of aryl methyl sites for hydroxylation is 1. The minimum Gasteiger partial charge on any atom is -0.485 e. The number of benzene rings is 1. The van der Waals surface area contributed by atoms with Crippen molar-refractivity contribution in [3.8, 4) is 17.4 Å². The zero-order valence-electron chi connectivity index (χ0n) is 11.4. The van der Waals surface area contributed by atoms with Gasteiger partial charge in [-0.15, -0.1) is 0 Å². The monoisotopic (exact) mass is 258 g/mol. The number of nitrogen functional groups attached to an aromatic ring is 1. The third-order valence-corrected chi connectivity index (χ3v) is 2.59. The Morgan fingerprint density at radius 3 is 2.58 bits per heavy atom. The highest BCUT2D eigenvalue weighted by atomic mass is 16.5. The number of anilines is 1. The molecule has 2 aromatic rings. The minimum absolute atomic E-state index is 0.0569. The second-order valence-corrected chi connectivity index (χ2v) is 4.56. The van der Waals surface area contributed by atoms with Crippen LogP contribution in [0.15, 0.2) is 36.5 Å². The van der Waals surface area contributed by atoms with Crippen molar-refractivity contribution in [1.29, 1.82) is 0 Å². The van der Waals surface area contributed by atoms with E-state index in [2.05, 4.69) is 4.98 Å². The fraction of sp³-hybridized carbons (Fsp3) is 0.267. The van der Waals surface area contributed by atoms with E-state index in [0.717, 1.165) is 5.56 Å². The lowest BCUT2D eigenvalue weighted by Crippen LogP contribution is -2.07. The van der Waals surface area contributed by atoms with Crippen LogP contribution in [0.4, 0.5) is 5.69 Å². The van der Waals surface area contributed by atoms with Gasteiger partial charge in [-0.05, 0) is 44.5 Å². The second kappa shape index (κ2) is 5.61. The van der Waals surface area contributed by atoms with Crippen molar-refractivity contribution in [2.45, 2.75) is 26.9 Å². The Bertz CT molecular complexity index is 568. The molecule has 0 aliphatic heterocycles. The number of nitrogens with two attached hydrogens (primary N) is 1. The Morgan fingerprint density at radius 2 is 1.84 bits per heavy atom. The van der Waals surface area contributed by atoms with Crippen LogP contribution in [0, 0.1) is 6.92 Å². The van der Waals surface area contributed by atoms with Gasteiger partial charge in [-0.25, -0.2) is 4.98 Å². The lowest BCUT2D eigenvalue weighted by molar-refractivity contribution is 0.231. The molecule has 19 heavy (non-hydrogen) atoms. The van der Waals surface area contributed by atoms with Gasteiger partial charge in [-0.3, -0.25) is 0 Å². The number of ether oxygens (including phenoxy) is 2. The quantitative estimate of drug-likeness (QED) is 0.852. The largest absolute Gasteiger partial charge is 0.485 e. The molecule has 0 atom stereocenters. The molecule has 4 heteroatoms. The molecular formula is C15H18N2O2. The molecule has 4 nitrogen and oxygen atoms in total. The normalized spacial score (nSPS) is 10.5. The first kappa shape index (κ1) is 13.2. The van der Waals surface area contributed by atoms with Crippen LogP contribution in [0.1, 0.15) is 19.4 Å². The zero-order valence-corrected chi connectivity index (χ0v) is 11.4. The van der Waals surface area contributed by atoms with E-state index in [-0.39, 0.29) is 6.10 Å². The van der Waals surface area contributed by atoms with Gasteiger partial charge in [-0.1, -0.05) is 12.1 Å². The van der Waals surface area contributed by atoms with Crippen molar-refractivity contribution in [3.05, 3.63) is 42.1 Å². The van der Waals surface area contributed by atoms with Crippen molar-refractivity contribution < 1.29 is 9.47 Å². The maximum atomic E-state index is 5.99. The Labute approximate surface area is 113 Å². The molecule has 0 aliphatic rings. The molecule has 0 unspecified atom stereocenters. The minimum atomic E-state index is 0.0569. The maximum absolute atomic E-state index is 5.99. The number of hydrogen-bond acceptors (Lipinski definition) is 4. The molecule has 2 N–H and O–H groups in total. The summed E-state index contributed by atoms with van der Waals surface area (Å²) in [6.45, 7) is 5.85. The summed E-state index contributed by atoms with van der Waals surface area (Å²) in [6, 6.07) is 9.29. The van der Waals surface area contributed by atoms with E-state index in [1.54, 1.807) is 6.20 Å². The first-order chi connectivity index (χ1) is 9.08. The zero-order chi connectivity index (χ0) is 13.8. The van der Waals surface area contributed by atoms with Crippen molar-refractivity contribution >= 4 is 5.69 Å². The lowest BCUT2D eigenvalue weighted by Gasteiger charge is -2.14. The van der Waals surface area contributed by atoms with Crippen LogP contribution in [-0.2, 0) is 0 Å². The third kappa shape index (κ3) is 3.16. The van der Waals surface area contributed by atoms with Gasteiger partial charge in [0.25, 0.3) is 5.88 Å². The molecule has 1 aromatic carbocycles. The summed E-state index contributed by atoms with van der Waals surface area (Å²) < 4.78 is 11.4. The van der Waals surface area contributed by atoms with Crippen LogP contribution < -0.4 is 15.2 Å². The van der Waals surface area contributed by atoms with Gasteiger partial charge in [0, 0.05) is 6.20 Å². The molecule has 0 aliphatic carbocycles. The van der Waals surface area contributed by atoms with Crippen molar-refractivity contribution in [1.82, 2.24) is 4.98 Å². The van der Waals surface area contributed by atoms with Gasteiger partial charge in [-0.2, -0.15) is 0 Å². The Morgan fingerprint density at radius 1 is 1.11 bits per heavy atom. The fourth-order valence-corrected chi connectivity index (χ4v) is 1.64. The van der Waals surface area contributed by atoms with E-state index < -0.39 is 0 Å². The van der Waals surface area contributed by atoms with Gasteiger partial charge in [0.1, 0.15) is 0 Å². The van der Waals surface area contributed by atoms with Gasteiger partial charge >= 0.3 is 0 Å². The van der Waals surface area contributed by atoms with E-state index in [4.69, 9.17) is 15.2 Å². The number of rotatable bonds is 4. The number of para-hydroxylation sites is 1. The molecule has 1 aromatic heterocycles. The van der Waals surface area contributed by atoms with Crippen LogP contribution in [0.5, 0.6) is 17.4 Å². The summed E-state index contributed by atoms with van der Waals surface area (Å²) in [7, 11) is 0. The molecule has 0 amide bonds. The molecule has 0 radical (unpaired) electrons. The first-order valence-corrected chi connectivity index (χ1v) is 6.22. The molecule has 100 valence electrons. The van der Waals surface area contributed by atoms with Crippen LogP contribution in [-0.4, -0.2) is 11.1 Å². The first-order valence-electron chi connectivity index (χ1n) is 6.22. The summed E-state index contributed by atoms with van der Waals surface area (Å²) in [5.41, 5.74) is 7.57. The summed E-state index contributed by atoms with van der Waals surface area (Å²) in [5, 5.41) is 0. The predicted molar refractivity (Wildman–Crippen MR) is 75.7 cm³/mol. The SMILES string of the molecule is Cc1cccc(Oc2ncccc2OC(C)C)c1N. The molecular weight excluding hydrogens is 240 g/mol. The van der Waals surface area contributed by atoms with Gasteiger partial charge in [0.2, 0.25) is 0 Å². The van der Waals surface area contributed by atoms with Crippen molar-refractivity contribution in [2.24, 2.45) is 0 Å². The van der Waals surface area contributed by atoms with Gasteiger partial charge in [0.15, 0.2) is 11.5 Å². The topological polar surface area (TPSA) is 57.4 Å². The van der Waals surface area contributed by atoms with E-state index in [0.29, 0.717) is 23.1 Å². The summed E-state index contributed by atoms with van der Waals surface area (Å²) in [6.07, 6.45) is 1.72. The summed E-state index contributed by atoms with van der Waals surface area (Å²) in [5.74, 6) is 1.62. The number of nitrogens with zero attached hydrogens (tertiary/aromatic N) is 1. The van der Waals surface area contributed by atoms with Crippen LogP contribution in [0.2, 0.25) is 0 Å².